The number of benzene rings is 2. The number of carbonyl (C=O) groups excluding carboxylic acids is 1. The Hall–Kier alpha value is -2.66. The Labute approximate surface area is 188 Å². The fourth-order valence-corrected chi connectivity index (χ4v) is 4.09. The molecule has 1 atom stereocenters. The predicted octanol–water partition coefficient (Wildman–Crippen LogP) is 5.73. The summed E-state index contributed by atoms with van der Waals surface area (Å²) >= 11 is 5.97. The van der Waals surface area contributed by atoms with Crippen molar-refractivity contribution >= 4 is 17.5 Å². The van der Waals surface area contributed by atoms with Crippen molar-refractivity contribution in [2.75, 3.05) is 6.54 Å². The summed E-state index contributed by atoms with van der Waals surface area (Å²) in [5.41, 5.74) is 2.81. The summed E-state index contributed by atoms with van der Waals surface area (Å²) in [7, 11) is 0. The maximum absolute atomic E-state index is 14.0. The van der Waals surface area contributed by atoms with Crippen molar-refractivity contribution in [3.63, 3.8) is 0 Å². The van der Waals surface area contributed by atoms with Crippen LogP contribution in [0.1, 0.15) is 43.5 Å². The number of imidazole rings is 1. The third kappa shape index (κ3) is 5.95. The third-order valence-electron chi connectivity index (χ3n) is 5.52. The van der Waals surface area contributed by atoms with Crippen LogP contribution in [0.2, 0.25) is 5.02 Å². The molecule has 6 heteroatoms. The normalized spacial score (nSPS) is 15.7. The second kappa shape index (κ2) is 11.1. The van der Waals surface area contributed by atoms with Gasteiger partial charge in [-0.1, -0.05) is 55.8 Å². The van der Waals surface area contributed by atoms with Gasteiger partial charge in [0, 0.05) is 48.0 Å². The highest BCUT2D eigenvalue weighted by molar-refractivity contribution is 6.30. The van der Waals surface area contributed by atoms with Crippen LogP contribution in [0.3, 0.4) is 0 Å². The van der Waals surface area contributed by atoms with Gasteiger partial charge in [0.1, 0.15) is 5.82 Å². The second-order valence-corrected chi connectivity index (χ2v) is 7.95. The molecule has 31 heavy (non-hydrogen) atoms. The molecule has 164 valence electrons. The number of aryl methyl sites for hydroxylation is 1. The lowest BCUT2D eigenvalue weighted by Gasteiger charge is -2.17. The molecular weight excluding hydrogens is 413 g/mol. The summed E-state index contributed by atoms with van der Waals surface area (Å²) in [6.45, 7) is 5.70. The number of amides is 1. The van der Waals surface area contributed by atoms with Gasteiger partial charge in [0.25, 0.3) is 0 Å². The minimum Gasteiger partial charge on any atom is -0.338 e. The largest absolute Gasteiger partial charge is 0.338 e. The van der Waals surface area contributed by atoms with E-state index in [1.165, 1.54) is 17.7 Å². The molecule has 0 N–H and O–H groups in total. The zero-order valence-electron chi connectivity index (χ0n) is 18.1. The van der Waals surface area contributed by atoms with Crippen molar-refractivity contribution < 1.29 is 9.18 Å². The smallest absolute Gasteiger partial charge is 0.226 e. The summed E-state index contributed by atoms with van der Waals surface area (Å²) in [5, 5.41) is 0.483. The number of hydrogen-bond donors (Lipinski definition) is 0. The molecule has 0 unspecified atom stereocenters. The lowest BCUT2D eigenvalue weighted by atomic mass is 10.0. The summed E-state index contributed by atoms with van der Waals surface area (Å²) in [4.78, 5) is 18.8. The van der Waals surface area contributed by atoms with E-state index in [1.54, 1.807) is 11.0 Å². The molecule has 4 rings (SSSR count). The third-order valence-corrected chi connectivity index (χ3v) is 5.76. The van der Waals surface area contributed by atoms with Crippen LogP contribution in [0.4, 0.5) is 4.39 Å². The minimum absolute atomic E-state index is 0.0303. The quantitative estimate of drug-likeness (QED) is 0.469. The Morgan fingerprint density at radius 2 is 1.90 bits per heavy atom. The molecule has 2 heterocycles. The van der Waals surface area contributed by atoms with Gasteiger partial charge < -0.3 is 9.47 Å². The van der Waals surface area contributed by atoms with Crippen LogP contribution >= 0.6 is 11.6 Å². The highest BCUT2D eigenvalue weighted by atomic mass is 35.5. The molecule has 1 fully saturated rings. The van der Waals surface area contributed by atoms with E-state index < -0.39 is 0 Å². The average molecular weight is 442 g/mol. The molecule has 0 saturated carbocycles. The summed E-state index contributed by atoms with van der Waals surface area (Å²) < 4.78 is 16.1. The van der Waals surface area contributed by atoms with Gasteiger partial charge >= 0.3 is 0 Å². The first-order chi connectivity index (χ1) is 15.1. The standard InChI is InChI=1S/C23H23ClFN3O.C2H6/c24-20-7-9-22(25)19(12-20)15-27-11-10-18(23(27)29)6-8-21-13-26-16-28(21)14-17-4-2-1-3-5-17;1-2/h1-5,7,9,12-13,16,18H,6,8,10-11,14-15H2;1-2H3/t18-;/m0./s1. The monoisotopic (exact) mass is 441 g/mol. The van der Waals surface area contributed by atoms with Crippen molar-refractivity contribution in [1.82, 2.24) is 14.5 Å². The number of aromatic nitrogens is 2. The van der Waals surface area contributed by atoms with E-state index in [2.05, 4.69) is 21.7 Å². The van der Waals surface area contributed by atoms with Gasteiger partial charge in [0.15, 0.2) is 0 Å². The maximum atomic E-state index is 14.0. The van der Waals surface area contributed by atoms with Crippen LogP contribution in [-0.4, -0.2) is 26.9 Å². The van der Waals surface area contributed by atoms with E-state index in [-0.39, 0.29) is 24.2 Å². The summed E-state index contributed by atoms with van der Waals surface area (Å²) in [6, 6.07) is 14.7. The molecule has 1 saturated heterocycles. The lowest BCUT2D eigenvalue weighted by molar-refractivity contribution is -0.131. The van der Waals surface area contributed by atoms with Gasteiger partial charge in [-0.05, 0) is 43.0 Å². The van der Waals surface area contributed by atoms with Crippen molar-refractivity contribution in [2.24, 2.45) is 5.92 Å². The fraction of sp³-hybridized carbons (Fsp3) is 0.360. The van der Waals surface area contributed by atoms with Crippen molar-refractivity contribution in [2.45, 2.75) is 46.2 Å². The molecule has 0 spiro atoms. The molecule has 0 bridgehead atoms. The van der Waals surface area contributed by atoms with Crippen LogP contribution in [0.25, 0.3) is 0 Å². The van der Waals surface area contributed by atoms with Gasteiger partial charge in [-0.3, -0.25) is 4.79 Å². The molecule has 0 aliphatic carbocycles. The van der Waals surface area contributed by atoms with Crippen molar-refractivity contribution in [3.05, 3.63) is 88.7 Å². The predicted molar refractivity (Wildman–Crippen MR) is 122 cm³/mol. The topological polar surface area (TPSA) is 38.1 Å². The van der Waals surface area contributed by atoms with E-state index in [0.29, 0.717) is 17.1 Å². The van der Waals surface area contributed by atoms with Gasteiger partial charge in [-0.2, -0.15) is 0 Å². The van der Waals surface area contributed by atoms with Gasteiger partial charge in [0.05, 0.1) is 6.33 Å². The number of carbonyl (C=O) groups is 1. The number of hydrogen-bond acceptors (Lipinski definition) is 2. The molecule has 1 amide bonds. The Balaban J connectivity index is 0.00000132. The number of likely N-dealkylation sites (tertiary alicyclic amines) is 1. The van der Waals surface area contributed by atoms with Crippen molar-refractivity contribution in [1.29, 1.82) is 0 Å². The summed E-state index contributed by atoms with van der Waals surface area (Å²) in [6.07, 6.45) is 6.08. The Bertz CT molecular complexity index is 989. The lowest BCUT2D eigenvalue weighted by Crippen LogP contribution is -2.27. The highest BCUT2D eigenvalue weighted by Gasteiger charge is 2.31. The zero-order valence-corrected chi connectivity index (χ0v) is 18.9. The minimum atomic E-state index is -0.324. The van der Waals surface area contributed by atoms with Gasteiger partial charge in [-0.25, -0.2) is 9.37 Å². The molecule has 1 aliphatic rings. The van der Waals surface area contributed by atoms with Gasteiger partial charge in [0.2, 0.25) is 5.91 Å². The van der Waals surface area contributed by atoms with Crippen LogP contribution in [0, 0.1) is 11.7 Å². The van der Waals surface area contributed by atoms with E-state index in [0.717, 1.165) is 31.5 Å². The van der Waals surface area contributed by atoms with Crippen molar-refractivity contribution in [3.8, 4) is 0 Å². The first kappa shape index (κ1) is 23.0. The second-order valence-electron chi connectivity index (χ2n) is 7.52. The van der Waals surface area contributed by atoms with Crippen LogP contribution in [-0.2, 0) is 24.3 Å². The number of halogens is 2. The van der Waals surface area contributed by atoms with E-state index in [4.69, 9.17) is 11.6 Å². The first-order valence-electron chi connectivity index (χ1n) is 10.9. The average Bonchev–Trinajstić information content (AvgIpc) is 3.38. The Morgan fingerprint density at radius 1 is 1.13 bits per heavy atom. The number of nitrogens with zero attached hydrogens (tertiary/aromatic N) is 3. The molecule has 3 aromatic rings. The van der Waals surface area contributed by atoms with E-state index >= 15 is 0 Å². The Morgan fingerprint density at radius 3 is 2.68 bits per heavy atom. The van der Waals surface area contributed by atoms with Gasteiger partial charge in [-0.15, -0.1) is 0 Å². The van der Waals surface area contributed by atoms with E-state index in [1.807, 2.05) is 44.6 Å². The molecule has 2 aromatic carbocycles. The fourth-order valence-electron chi connectivity index (χ4n) is 3.90. The first-order valence-corrected chi connectivity index (χ1v) is 11.2. The SMILES string of the molecule is CC.O=C1[C@@H](CCc2cncn2Cc2ccccc2)CCN1Cc1cc(Cl)ccc1F. The molecule has 0 radical (unpaired) electrons. The molecular formula is C25H29ClFN3O. The number of rotatable bonds is 7. The zero-order chi connectivity index (χ0) is 22.2. The highest BCUT2D eigenvalue weighted by Crippen LogP contribution is 2.26. The van der Waals surface area contributed by atoms with Crippen LogP contribution < -0.4 is 0 Å². The Kier molecular flexibility index (Phi) is 8.24. The maximum Gasteiger partial charge on any atom is 0.226 e. The van der Waals surface area contributed by atoms with Crippen LogP contribution in [0.15, 0.2) is 61.1 Å². The van der Waals surface area contributed by atoms with E-state index in [9.17, 15) is 9.18 Å². The molecule has 1 aromatic heterocycles. The molecule has 4 nitrogen and oxygen atoms in total. The summed E-state index contributed by atoms with van der Waals surface area (Å²) in [5.74, 6) is -0.258. The van der Waals surface area contributed by atoms with Crippen LogP contribution in [0.5, 0.6) is 0 Å². The molecule has 1 aliphatic heterocycles.